The van der Waals surface area contributed by atoms with Gasteiger partial charge in [0.15, 0.2) is 0 Å². The molecular formula is C28H27N3O6S2. The summed E-state index contributed by atoms with van der Waals surface area (Å²) in [6.45, 7) is 7.37. The largest absolute Gasteiger partial charge is 0.462 e. The predicted octanol–water partition coefficient (Wildman–Crippen LogP) is 3.98. The molecule has 1 fully saturated rings. The van der Waals surface area contributed by atoms with E-state index in [1.807, 2.05) is 39.0 Å². The molecule has 202 valence electrons. The first-order valence-electron chi connectivity index (χ1n) is 12.4. The van der Waals surface area contributed by atoms with Gasteiger partial charge in [0.05, 0.1) is 28.8 Å². The molecule has 1 aromatic heterocycles. The second-order valence-electron chi connectivity index (χ2n) is 10.0. The maximum Gasteiger partial charge on any atom is 0.338 e. The van der Waals surface area contributed by atoms with Crippen molar-refractivity contribution in [3.63, 3.8) is 0 Å². The average Bonchev–Trinajstić information content (AvgIpc) is 3.33. The number of imide groups is 1. The van der Waals surface area contributed by atoms with E-state index in [1.54, 1.807) is 25.1 Å². The number of esters is 1. The Morgan fingerprint density at radius 3 is 2.44 bits per heavy atom. The summed E-state index contributed by atoms with van der Waals surface area (Å²) in [6.07, 6.45) is 0. The Balaban J connectivity index is 1.42. The van der Waals surface area contributed by atoms with Crippen molar-refractivity contribution < 1.29 is 23.9 Å². The van der Waals surface area contributed by atoms with Crippen LogP contribution in [0.3, 0.4) is 0 Å². The Hall–Kier alpha value is -3.70. The summed E-state index contributed by atoms with van der Waals surface area (Å²) in [5, 5.41) is 2.60. The molecule has 9 nitrogen and oxygen atoms in total. The van der Waals surface area contributed by atoms with E-state index >= 15 is 0 Å². The van der Waals surface area contributed by atoms with Crippen molar-refractivity contribution in [2.75, 3.05) is 16.8 Å². The molecule has 3 amide bonds. The first-order chi connectivity index (χ1) is 18.5. The van der Waals surface area contributed by atoms with E-state index in [0.717, 1.165) is 33.6 Å². The van der Waals surface area contributed by atoms with Crippen LogP contribution in [-0.4, -0.2) is 40.1 Å². The van der Waals surface area contributed by atoms with Crippen LogP contribution >= 0.6 is 23.1 Å². The zero-order valence-corrected chi connectivity index (χ0v) is 23.5. The van der Waals surface area contributed by atoms with Gasteiger partial charge in [-0.1, -0.05) is 49.1 Å². The highest BCUT2D eigenvalue weighted by Crippen LogP contribution is 2.54. The number of benzene rings is 2. The maximum atomic E-state index is 13.7. The summed E-state index contributed by atoms with van der Waals surface area (Å²) >= 11 is 2.17. The molecule has 2 unspecified atom stereocenters. The minimum atomic E-state index is -0.820. The van der Waals surface area contributed by atoms with Gasteiger partial charge in [0.2, 0.25) is 17.7 Å². The van der Waals surface area contributed by atoms with Crippen LogP contribution in [0.1, 0.15) is 41.6 Å². The molecular weight excluding hydrogens is 538 g/mol. The molecule has 5 rings (SSSR count). The Labute approximate surface area is 233 Å². The zero-order valence-electron chi connectivity index (χ0n) is 21.8. The van der Waals surface area contributed by atoms with E-state index in [2.05, 4.69) is 5.32 Å². The standard InChI is InChI=1S/C28H27N3O6S2/c1-5-37-26(35)16-9-11-18(12-10-16)31-23(33)20-21(24(31)34)38-25-22(28(20,3)4)39-27(36)30(25)14-19(32)29-17-8-6-7-15(2)13-17/h6-13,20-21H,5,14H2,1-4H3,(H,29,32). The summed E-state index contributed by atoms with van der Waals surface area (Å²) in [7, 11) is 0. The SMILES string of the molecule is CCOC(=O)c1ccc(N2C(=O)C3Sc4c(sc(=O)n4CC(=O)Nc4cccc(C)c4)C(C)(C)C3C2=O)cc1. The minimum Gasteiger partial charge on any atom is -0.462 e. The number of aromatic nitrogens is 1. The van der Waals surface area contributed by atoms with E-state index in [-0.39, 0.29) is 29.8 Å². The van der Waals surface area contributed by atoms with Crippen molar-refractivity contribution in [1.82, 2.24) is 4.57 Å². The number of thioether (sulfide) groups is 1. The van der Waals surface area contributed by atoms with Crippen LogP contribution in [0.2, 0.25) is 0 Å². The number of hydrogen-bond acceptors (Lipinski definition) is 8. The van der Waals surface area contributed by atoms with Crippen LogP contribution in [0.5, 0.6) is 0 Å². The Morgan fingerprint density at radius 2 is 1.77 bits per heavy atom. The molecule has 1 N–H and O–H groups in total. The normalized spacial score (nSPS) is 19.4. The number of aryl methyl sites for hydroxylation is 1. The lowest BCUT2D eigenvalue weighted by Gasteiger charge is -2.36. The summed E-state index contributed by atoms with van der Waals surface area (Å²) in [6, 6.07) is 13.5. The monoisotopic (exact) mass is 565 g/mol. The molecule has 39 heavy (non-hydrogen) atoms. The van der Waals surface area contributed by atoms with Gasteiger partial charge in [-0.3, -0.25) is 23.7 Å². The highest BCUT2D eigenvalue weighted by Gasteiger charge is 2.59. The smallest absolute Gasteiger partial charge is 0.338 e. The summed E-state index contributed by atoms with van der Waals surface area (Å²) in [5.41, 5.74) is 1.49. The van der Waals surface area contributed by atoms with Crippen LogP contribution in [0.25, 0.3) is 0 Å². The number of carbonyl (C=O) groups excluding carboxylic acids is 4. The number of fused-ring (bicyclic) bond motifs is 2. The van der Waals surface area contributed by atoms with E-state index < -0.39 is 28.5 Å². The summed E-state index contributed by atoms with van der Waals surface area (Å²) in [4.78, 5) is 66.7. The first-order valence-corrected chi connectivity index (χ1v) is 14.1. The molecule has 0 bridgehead atoms. The van der Waals surface area contributed by atoms with E-state index in [4.69, 9.17) is 4.74 Å². The van der Waals surface area contributed by atoms with Crippen LogP contribution in [0, 0.1) is 12.8 Å². The quantitative estimate of drug-likeness (QED) is 0.355. The van der Waals surface area contributed by atoms with Gasteiger partial charge in [-0.15, -0.1) is 0 Å². The zero-order chi connectivity index (χ0) is 28.1. The van der Waals surface area contributed by atoms with Gasteiger partial charge in [-0.25, -0.2) is 9.69 Å². The topological polar surface area (TPSA) is 115 Å². The molecule has 2 aliphatic rings. The molecule has 0 saturated carbocycles. The van der Waals surface area contributed by atoms with Gasteiger partial charge in [0.1, 0.15) is 11.8 Å². The van der Waals surface area contributed by atoms with E-state index in [1.165, 1.54) is 16.7 Å². The Kier molecular flexibility index (Phi) is 6.98. The lowest BCUT2D eigenvalue weighted by atomic mass is 9.76. The number of carbonyl (C=O) groups is 4. The molecule has 2 atom stereocenters. The number of thiazole rings is 1. The third-order valence-corrected chi connectivity index (χ3v) is 9.77. The lowest BCUT2D eigenvalue weighted by molar-refractivity contribution is -0.123. The van der Waals surface area contributed by atoms with E-state index in [9.17, 15) is 24.0 Å². The molecule has 0 aliphatic carbocycles. The third kappa shape index (κ3) is 4.70. The highest BCUT2D eigenvalue weighted by atomic mass is 32.2. The fourth-order valence-electron chi connectivity index (χ4n) is 5.05. The van der Waals surface area contributed by atoms with Crippen LogP contribution in [0.15, 0.2) is 58.4 Å². The van der Waals surface area contributed by atoms with Crippen molar-refractivity contribution in [3.8, 4) is 0 Å². The molecule has 11 heteroatoms. The molecule has 3 heterocycles. The summed E-state index contributed by atoms with van der Waals surface area (Å²) in [5.74, 6) is -2.29. The van der Waals surface area contributed by atoms with Gasteiger partial charge in [0, 0.05) is 16.0 Å². The maximum absolute atomic E-state index is 13.7. The van der Waals surface area contributed by atoms with Crippen molar-refractivity contribution in [3.05, 3.63) is 74.2 Å². The van der Waals surface area contributed by atoms with Crippen molar-refractivity contribution in [1.29, 1.82) is 0 Å². The van der Waals surface area contributed by atoms with Crippen molar-refractivity contribution in [2.24, 2.45) is 5.92 Å². The van der Waals surface area contributed by atoms with Gasteiger partial charge in [-0.05, 0) is 55.8 Å². The first kappa shape index (κ1) is 26.9. The predicted molar refractivity (Wildman–Crippen MR) is 149 cm³/mol. The fraction of sp³-hybridized carbons (Fsp3) is 0.321. The van der Waals surface area contributed by atoms with Crippen molar-refractivity contribution >= 4 is 58.2 Å². The van der Waals surface area contributed by atoms with Crippen LogP contribution < -0.4 is 15.1 Å². The van der Waals surface area contributed by atoms with Gasteiger partial charge < -0.3 is 10.1 Å². The highest BCUT2D eigenvalue weighted by molar-refractivity contribution is 8.00. The lowest BCUT2D eigenvalue weighted by Crippen LogP contribution is -2.41. The van der Waals surface area contributed by atoms with E-state index in [0.29, 0.717) is 26.8 Å². The molecule has 2 aromatic carbocycles. The number of amides is 3. The van der Waals surface area contributed by atoms with Gasteiger partial charge in [0.25, 0.3) is 0 Å². The average molecular weight is 566 g/mol. The molecule has 1 saturated heterocycles. The Bertz CT molecular complexity index is 1560. The second kappa shape index (κ2) is 10.1. The number of nitrogens with zero attached hydrogens (tertiary/aromatic N) is 2. The third-order valence-electron chi connectivity index (χ3n) is 6.94. The Morgan fingerprint density at radius 1 is 1.05 bits per heavy atom. The molecule has 0 radical (unpaired) electrons. The minimum absolute atomic E-state index is 0.208. The fourth-order valence-corrected chi connectivity index (χ4v) is 8.09. The number of rotatable bonds is 6. The number of anilines is 2. The summed E-state index contributed by atoms with van der Waals surface area (Å²) < 4.78 is 6.40. The molecule has 3 aromatic rings. The second-order valence-corrected chi connectivity index (χ2v) is 12.1. The number of hydrogen-bond donors (Lipinski definition) is 1. The number of nitrogens with one attached hydrogen (secondary N) is 1. The van der Waals surface area contributed by atoms with Crippen LogP contribution in [-0.2, 0) is 31.1 Å². The molecule has 2 aliphatic heterocycles. The van der Waals surface area contributed by atoms with Gasteiger partial charge in [-0.2, -0.15) is 0 Å². The van der Waals surface area contributed by atoms with Crippen LogP contribution in [0.4, 0.5) is 11.4 Å². The van der Waals surface area contributed by atoms with Crippen molar-refractivity contribution in [2.45, 2.75) is 49.9 Å². The van der Waals surface area contributed by atoms with Gasteiger partial charge >= 0.3 is 10.8 Å². The molecule has 0 spiro atoms. The number of ether oxygens (including phenoxy) is 1.